The summed E-state index contributed by atoms with van der Waals surface area (Å²) < 4.78 is 74.3. The van der Waals surface area contributed by atoms with Crippen molar-refractivity contribution in [2.75, 3.05) is 31.8 Å². The summed E-state index contributed by atoms with van der Waals surface area (Å²) in [5.41, 5.74) is 8.12. The lowest BCUT2D eigenvalue weighted by atomic mass is 9.98. The van der Waals surface area contributed by atoms with Gasteiger partial charge in [-0.3, -0.25) is 28.0 Å². The summed E-state index contributed by atoms with van der Waals surface area (Å²) in [6, 6.07) is 0. The normalized spacial score (nSPS) is 31.9. The molecule has 0 spiro atoms. The quantitative estimate of drug-likeness (QED) is 0.0980. The Labute approximate surface area is 269 Å². The Morgan fingerprint density at radius 2 is 1.89 bits per heavy atom. The molecule has 0 amide bonds. The molecule has 6 rings (SSSR count). The first-order valence-electron chi connectivity index (χ1n) is 13.4. The number of nitrogens with one attached hydrogen (secondary N) is 1. The van der Waals surface area contributed by atoms with Gasteiger partial charge in [0.05, 0.1) is 25.9 Å². The number of aromatic amines is 1. The van der Waals surface area contributed by atoms with Gasteiger partial charge in [-0.05, 0) is 6.92 Å². The molecule has 0 saturated carbocycles. The van der Waals surface area contributed by atoms with Crippen LogP contribution in [0.3, 0.4) is 0 Å². The van der Waals surface area contributed by atoms with Crippen LogP contribution >= 0.6 is 38.3 Å². The number of anilines is 2. The second-order valence-electron chi connectivity index (χ2n) is 10.7. The standard InChI is InChI=1S/C22H29FN10O9P2S2/c1-22(14(42-43(36)45)12(38-2)19(41-22)32-6-28-10-15(24)26-5-27-16(10)32)4-39-44(37,46)13-9(23)8(3-34)40-20(13)33-7-29-11-17(33)30-21(25)31-18(11)35/h5-9,12-14,19-20,34,43H,3-4H2,1-2H3,(H,36,45)(H,37,46)(H2,24,26,27)(H3,25,30,31,35)/t8-,9-,12-,13-,14+,19-,20-,22-,44?/m1/s1. The predicted octanol–water partition coefficient (Wildman–Crippen LogP) is 0.867. The van der Waals surface area contributed by atoms with Gasteiger partial charge in [0.25, 0.3) is 12.1 Å². The van der Waals surface area contributed by atoms with Crippen molar-refractivity contribution < 1.29 is 41.9 Å². The number of hydrogen-bond acceptors (Lipinski definition) is 16. The minimum absolute atomic E-state index is 0.0865. The molecule has 2 aliphatic heterocycles. The highest BCUT2D eigenvalue weighted by atomic mass is 32.7. The lowest BCUT2D eigenvalue weighted by molar-refractivity contribution is -0.107. The summed E-state index contributed by atoms with van der Waals surface area (Å²) >= 11 is 8.22. The fourth-order valence-electron chi connectivity index (χ4n) is 5.70. The van der Waals surface area contributed by atoms with E-state index in [0.717, 1.165) is 6.33 Å². The highest BCUT2D eigenvalue weighted by Gasteiger charge is 2.59. The maximum absolute atomic E-state index is 15.9. The lowest BCUT2D eigenvalue weighted by Crippen LogP contribution is -2.45. The summed E-state index contributed by atoms with van der Waals surface area (Å²) in [5.74, 6) is -0.132. The Hall–Kier alpha value is -2.65. The van der Waals surface area contributed by atoms with Gasteiger partial charge in [0, 0.05) is 7.11 Å². The summed E-state index contributed by atoms with van der Waals surface area (Å²) in [4.78, 5) is 35.1. The van der Waals surface area contributed by atoms with E-state index in [1.54, 1.807) is 0 Å². The molecule has 6 N–H and O–H groups in total. The molecule has 4 aromatic rings. The highest BCUT2D eigenvalue weighted by Crippen LogP contribution is 2.65. The van der Waals surface area contributed by atoms with Crippen molar-refractivity contribution in [3.63, 3.8) is 0 Å². The largest absolute Gasteiger partial charge is 0.394 e. The molecule has 2 saturated heterocycles. The van der Waals surface area contributed by atoms with E-state index in [0.29, 0.717) is 5.65 Å². The van der Waals surface area contributed by atoms with E-state index in [1.165, 1.54) is 35.8 Å². The number of aliphatic hydroxyl groups is 1. The van der Waals surface area contributed by atoms with Gasteiger partial charge < -0.3 is 39.8 Å². The van der Waals surface area contributed by atoms with Gasteiger partial charge in [-0.1, -0.05) is 24.5 Å². The summed E-state index contributed by atoms with van der Waals surface area (Å²) in [5, 5.41) is 9.82. The number of thiol groups is 2. The topological polar surface area (TPSA) is 260 Å². The first kappa shape index (κ1) is 33.3. The van der Waals surface area contributed by atoms with Gasteiger partial charge in [-0.15, -0.1) is 0 Å². The molecule has 250 valence electrons. The first-order valence-corrected chi connectivity index (χ1v) is 18.9. The molecule has 0 aliphatic carbocycles. The summed E-state index contributed by atoms with van der Waals surface area (Å²) in [7, 11) is -1.55. The molecule has 24 heteroatoms. The van der Waals surface area contributed by atoms with Crippen LogP contribution in [-0.4, -0.2) is 100 Å². The van der Waals surface area contributed by atoms with E-state index in [2.05, 4.69) is 54.4 Å². The first-order chi connectivity index (χ1) is 21.8. The zero-order valence-corrected chi connectivity index (χ0v) is 27.6. The molecule has 46 heavy (non-hydrogen) atoms. The lowest BCUT2D eigenvalue weighted by Gasteiger charge is -2.33. The SMILES string of the molecule is CO[C@H]1[C@H](n2cnc3c(N)ncnc32)O[C@](C)(COP(=O)(S)[C@@H]2[C@H](F)[C@@H](CO)O[C@H]2n2cnc3c(=O)[nH]c(N)nc32)[C@H]1O[PH](=O)S. The Bertz CT molecular complexity index is 1920. The number of alkyl halides is 1. The highest BCUT2D eigenvalue weighted by molar-refractivity contribution is 8.46. The van der Waals surface area contributed by atoms with E-state index in [9.17, 15) is 19.0 Å². The summed E-state index contributed by atoms with van der Waals surface area (Å²) in [6.45, 7) is -4.20. The number of nitrogens with two attached hydrogens (primary N) is 2. The van der Waals surface area contributed by atoms with Crippen LogP contribution in [0.5, 0.6) is 0 Å². The summed E-state index contributed by atoms with van der Waals surface area (Å²) in [6.07, 6.45) is -4.30. The van der Waals surface area contributed by atoms with Crippen LogP contribution in [0.15, 0.2) is 23.8 Å². The van der Waals surface area contributed by atoms with Crippen LogP contribution in [0.4, 0.5) is 16.2 Å². The molecule has 0 radical (unpaired) electrons. The number of aliphatic hydroxyl groups excluding tert-OH is 1. The number of aromatic nitrogens is 8. The minimum atomic E-state index is -4.39. The number of imidazole rings is 2. The van der Waals surface area contributed by atoms with E-state index < -0.39 is 80.8 Å². The molecule has 10 atom stereocenters. The maximum atomic E-state index is 15.9. The smallest absolute Gasteiger partial charge is 0.280 e. The van der Waals surface area contributed by atoms with Crippen molar-refractivity contribution in [3.8, 4) is 0 Å². The van der Waals surface area contributed by atoms with Crippen LogP contribution in [0, 0.1) is 0 Å². The molecule has 2 unspecified atom stereocenters. The fraction of sp³-hybridized carbons (Fsp3) is 0.545. The third-order valence-electron chi connectivity index (χ3n) is 7.84. The number of rotatable bonds is 10. The van der Waals surface area contributed by atoms with Crippen LogP contribution in [-0.2, 0) is 32.4 Å². The maximum Gasteiger partial charge on any atom is 0.280 e. The number of halogens is 1. The molecule has 0 aromatic carbocycles. The zero-order valence-electron chi connectivity index (χ0n) is 23.9. The molecule has 2 fully saturated rings. The van der Waals surface area contributed by atoms with Gasteiger partial charge >= 0.3 is 0 Å². The minimum Gasteiger partial charge on any atom is -0.394 e. The van der Waals surface area contributed by atoms with Gasteiger partial charge in [0.15, 0.2) is 35.1 Å². The van der Waals surface area contributed by atoms with Crippen molar-refractivity contribution in [1.29, 1.82) is 0 Å². The Balaban J connectivity index is 1.33. The Kier molecular flexibility index (Phi) is 8.98. The zero-order chi connectivity index (χ0) is 33.1. The number of ether oxygens (including phenoxy) is 3. The molecular formula is C22H29FN10O9P2S2. The number of fused-ring (bicyclic) bond motifs is 2. The number of hydrogen-bond donors (Lipinski definition) is 6. The van der Waals surface area contributed by atoms with Gasteiger partial charge in [-0.2, -0.15) is 4.98 Å². The van der Waals surface area contributed by atoms with Crippen molar-refractivity contribution in [1.82, 2.24) is 39.0 Å². The predicted molar refractivity (Wildman–Crippen MR) is 167 cm³/mol. The number of methoxy groups -OCH3 is 1. The molecular weight excluding hydrogens is 693 g/mol. The van der Waals surface area contributed by atoms with E-state index in [-0.39, 0.29) is 28.4 Å². The number of nitrogen functional groups attached to an aromatic ring is 2. The molecule has 4 aromatic heterocycles. The number of nitrogens with zero attached hydrogens (tertiary/aromatic N) is 7. The second kappa shape index (κ2) is 12.4. The van der Waals surface area contributed by atoms with Crippen LogP contribution in [0.25, 0.3) is 22.3 Å². The monoisotopic (exact) mass is 722 g/mol. The van der Waals surface area contributed by atoms with E-state index in [1.807, 2.05) is 0 Å². The van der Waals surface area contributed by atoms with Crippen molar-refractivity contribution in [2.45, 2.75) is 55.1 Å². The fourth-order valence-corrected chi connectivity index (χ4v) is 9.24. The third-order valence-corrected chi connectivity index (χ3v) is 11.5. The van der Waals surface area contributed by atoms with Crippen molar-refractivity contribution in [2.24, 2.45) is 0 Å². The van der Waals surface area contributed by atoms with Gasteiger partial charge in [0.1, 0.15) is 47.6 Å². The van der Waals surface area contributed by atoms with Crippen molar-refractivity contribution in [3.05, 3.63) is 29.3 Å². The van der Waals surface area contributed by atoms with Crippen LogP contribution in [0.2, 0.25) is 0 Å². The van der Waals surface area contributed by atoms with Crippen LogP contribution in [0.1, 0.15) is 19.4 Å². The molecule has 0 bridgehead atoms. The average Bonchev–Trinajstić information content (AvgIpc) is 3.75. The number of H-pyrrole nitrogens is 1. The Morgan fingerprint density at radius 3 is 2.57 bits per heavy atom. The third kappa shape index (κ3) is 5.63. The average molecular weight is 723 g/mol. The molecule has 2 aliphatic rings. The second-order valence-corrected chi connectivity index (χ2v) is 16.2. The van der Waals surface area contributed by atoms with Crippen molar-refractivity contribution >= 4 is 72.4 Å². The molecule has 6 heterocycles. The van der Waals surface area contributed by atoms with E-state index >= 15 is 4.39 Å². The molecule has 19 nitrogen and oxygen atoms in total. The Morgan fingerprint density at radius 1 is 1.20 bits per heavy atom. The van der Waals surface area contributed by atoms with Gasteiger partial charge in [-0.25, -0.2) is 24.3 Å². The van der Waals surface area contributed by atoms with Gasteiger partial charge in [0.2, 0.25) is 13.2 Å². The van der Waals surface area contributed by atoms with E-state index in [4.69, 9.17) is 34.7 Å². The van der Waals surface area contributed by atoms with Crippen LogP contribution < -0.4 is 17.0 Å².